The SMILES string of the molecule is C=CCCC(=O)NC[C@@H](C)OC(=O)[C@@H]1[C@H]2C(=O)N([C@@H](CO)Cc3ccccc3)[C@H](C(=O)N(CC=C)Cn3nnc4ccccc43)[C@]23CC[C@H]1O3. The lowest BCUT2D eigenvalue weighted by Crippen LogP contribution is -2.59. The zero-order valence-corrected chi connectivity index (χ0v) is 28.2. The van der Waals surface area contributed by atoms with Gasteiger partial charge in [0.15, 0.2) is 0 Å². The number of aromatic nitrogens is 3. The molecule has 2 bridgehead atoms. The molecule has 50 heavy (non-hydrogen) atoms. The molecule has 3 aliphatic heterocycles. The highest BCUT2D eigenvalue weighted by molar-refractivity contribution is 5.98. The molecule has 0 unspecified atom stereocenters. The first kappa shape index (κ1) is 35.0. The molecule has 13 heteroatoms. The molecule has 0 saturated carbocycles. The molecule has 2 aromatic carbocycles. The Labute approximate surface area is 290 Å². The van der Waals surface area contributed by atoms with Gasteiger partial charge in [0.1, 0.15) is 29.9 Å². The first-order chi connectivity index (χ1) is 24.2. The van der Waals surface area contributed by atoms with E-state index in [0.717, 1.165) is 11.1 Å². The van der Waals surface area contributed by atoms with Crippen molar-refractivity contribution in [3.63, 3.8) is 0 Å². The Balaban J connectivity index is 1.32. The molecule has 1 spiro atoms. The van der Waals surface area contributed by atoms with E-state index >= 15 is 0 Å². The Morgan fingerprint density at radius 1 is 1.16 bits per heavy atom. The monoisotopic (exact) mass is 684 g/mol. The van der Waals surface area contributed by atoms with Crippen LogP contribution in [0.1, 0.15) is 38.2 Å². The summed E-state index contributed by atoms with van der Waals surface area (Å²) in [5, 5.41) is 22.1. The van der Waals surface area contributed by atoms with Crippen molar-refractivity contribution in [1.82, 2.24) is 30.1 Å². The Kier molecular flexibility index (Phi) is 10.4. The number of aliphatic hydroxyl groups is 1. The van der Waals surface area contributed by atoms with E-state index in [1.54, 1.807) is 28.7 Å². The summed E-state index contributed by atoms with van der Waals surface area (Å²) in [4.78, 5) is 58.6. The van der Waals surface area contributed by atoms with Crippen LogP contribution in [0, 0.1) is 11.8 Å². The normalized spacial score (nSPS) is 24.8. The average Bonchev–Trinajstić information content (AvgIpc) is 3.88. The first-order valence-corrected chi connectivity index (χ1v) is 17.1. The molecule has 2 N–H and O–H groups in total. The lowest BCUT2D eigenvalue weighted by molar-refractivity contribution is -0.160. The number of esters is 1. The predicted molar refractivity (Wildman–Crippen MR) is 183 cm³/mol. The van der Waals surface area contributed by atoms with E-state index in [1.807, 2.05) is 54.6 Å². The van der Waals surface area contributed by atoms with E-state index in [2.05, 4.69) is 28.8 Å². The number of ether oxygens (including phenoxy) is 2. The number of hydrogen-bond donors (Lipinski definition) is 2. The molecule has 3 fully saturated rings. The van der Waals surface area contributed by atoms with Gasteiger partial charge < -0.3 is 29.7 Å². The van der Waals surface area contributed by atoms with Gasteiger partial charge in [-0.1, -0.05) is 59.8 Å². The number of likely N-dealkylation sites (tertiary alicyclic amines) is 1. The first-order valence-electron chi connectivity index (χ1n) is 17.1. The topological polar surface area (TPSA) is 156 Å². The van der Waals surface area contributed by atoms with Crippen molar-refractivity contribution in [3.8, 4) is 0 Å². The summed E-state index contributed by atoms with van der Waals surface area (Å²) in [5.74, 6) is -3.60. The van der Waals surface area contributed by atoms with Crippen molar-refractivity contribution in [2.75, 3.05) is 19.7 Å². The van der Waals surface area contributed by atoms with Gasteiger partial charge in [-0.05, 0) is 50.3 Å². The van der Waals surface area contributed by atoms with Crippen molar-refractivity contribution in [2.45, 2.75) is 75.6 Å². The van der Waals surface area contributed by atoms with Crippen LogP contribution in [0.3, 0.4) is 0 Å². The Bertz CT molecular complexity index is 1750. The van der Waals surface area contributed by atoms with Crippen molar-refractivity contribution in [2.24, 2.45) is 11.8 Å². The molecule has 7 atom stereocenters. The molecule has 1 aromatic heterocycles. The summed E-state index contributed by atoms with van der Waals surface area (Å²) in [7, 11) is 0. The minimum Gasteiger partial charge on any atom is -0.460 e. The van der Waals surface area contributed by atoms with Crippen LogP contribution < -0.4 is 5.32 Å². The van der Waals surface area contributed by atoms with Gasteiger partial charge >= 0.3 is 5.97 Å². The minimum absolute atomic E-state index is 0.0258. The highest BCUT2D eigenvalue weighted by atomic mass is 16.6. The number of nitrogens with one attached hydrogen (secondary N) is 1. The lowest BCUT2D eigenvalue weighted by Gasteiger charge is -2.39. The van der Waals surface area contributed by atoms with Crippen LogP contribution in [0.2, 0.25) is 0 Å². The van der Waals surface area contributed by atoms with E-state index in [0.29, 0.717) is 24.8 Å². The molecule has 264 valence electrons. The summed E-state index contributed by atoms with van der Waals surface area (Å²) in [6.45, 7) is 9.03. The third-order valence-corrected chi connectivity index (χ3v) is 10.0. The zero-order valence-electron chi connectivity index (χ0n) is 28.2. The van der Waals surface area contributed by atoms with Gasteiger partial charge in [0.2, 0.25) is 17.7 Å². The molecule has 0 radical (unpaired) electrons. The van der Waals surface area contributed by atoms with Gasteiger partial charge in [-0.15, -0.1) is 18.3 Å². The molecule has 3 amide bonds. The molecule has 0 aliphatic carbocycles. The summed E-state index contributed by atoms with van der Waals surface area (Å²) in [6, 6.07) is 14.9. The number of aliphatic hydroxyl groups excluding tert-OH is 1. The fraction of sp³-hybridized carbons (Fsp3) is 0.459. The Morgan fingerprint density at radius 2 is 1.92 bits per heavy atom. The summed E-state index contributed by atoms with van der Waals surface area (Å²) in [5.41, 5.74) is 0.956. The molecule has 13 nitrogen and oxygen atoms in total. The van der Waals surface area contributed by atoms with Crippen molar-refractivity contribution >= 4 is 34.7 Å². The van der Waals surface area contributed by atoms with Crippen molar-refractivity contribution in [3.05, 3.63) is 85.5 Å². The van der Waals surface area contributed by atoms with Gasteiger partial charge in [0, 0.05) is 13.0 Å². The summed E-state index contributed by atoms with van der Waals surface area (Å²) >= 11 is 0. The quantitative estimate of drug-likeness (QED) is 0.171. The molecule has 3 aromatic rings. The van der Waals surface area contributed by atoms with E-state index in [1.165, 1.54) is 4.90 Å². The van der Waals surface area contributed by atoms with Crippen LogP contribution in [0.5, 0.6) is 0 Å². The zero-order chi connectivity index (χ0) is 35.4. The average molecular weight is 685 g/mol. The second-order valence-electron chi connectivity index (χ2n) is 13.3. The van der Waals surface area contributed by atoms with Gasteiger partial charge in [-0.25, -0.2) is 4.68 Å². The molecule has 3 aliphatic rings. The number of benzene rings is 2. The molecule has 6 rings (SSSR count). The minimum atomic E-state index is -1.32. The lowest BCUT2D eigenvalue weighted by atomic mass is 9.70. The predicted octanol–water partition coefficient (Wildman–Crippen LogP) is 2.40. The smallest absolute Gasteiger partial charge is 0.312 e. The van der Waals surface area contributed by atoms with Gasteiger partial charge in [-0.2, -0.15) is 0 Å². The van der Waals surface area contributed by atoms with Crippen LogP contribution in [-0.4, -0.2) is 103 Å². The number of para-hydroxylation sites is 1. The Morgan fingerprint density at radius 3 is 2.66 bits per heavy atom. The fourth-order valence-corrected chi connectivity index (χ4v) is 7.80. The Hall–Kier alpha value is -4.88. The third kappa shape index (κ3) is 6.54. The number of hydrogen-bond acceptors (Lipinski definition) is 9. The third-order valence-electron chi connectivity index (χ3n) is 10.0. The molecular weight excluding hydrogens is 640 g/mol. The highest BCUT2D eigenvalue weighted by Gasteiger charge is 2.75. The van der Waals surface area contributed by atoms with Gasteiger partial charge in [0.05, 0.1) is 42.6 Å². The fourth-order valence-electron chi connectivity index (χ4n) is 7.80. The van der Waals surface area contributed by atoms with E-state index in [9.17, 15) is 24.3 Å². The number of amides is 3. The van der Waals surface area contributed by atoms with Gasteiger partial charge in [0.25, 0.3) is 0 Å². The van der Waals surface area contributed by atoms with E-state index in [-0.39, 0.29) is 38.5 Å². The van der Waals surface area contributed by atoms with Crippen LogP contribution >= 0.6 is 0 Å². The van der Waals surface area contributed by atoms with Crippen LogP contribution in [0.15, 0.2) is 79.9 Å². The number of carbonyl (C=O) groups is 4. The largest absolute Gasteiger partial charge is 0.460 e. The van der Waals surface area contributed by atoms with Crippen molar-refractivity contribution < 1.29 is 33.8 Å². The molecule has 4 heterocycles. The van der Waals surface area contributed by atoms with Crippen LogP contribution in [-0.2, 0) is 41.7 Å². The second kappa shape index (κ2) is 14.9. The maximum Gasteiger partial charge on any atom is 0.312 e. The van der Waals surface area contributed by atoms with Crippen LogP contribution in [0.4, 0.5) is 0 Å². The van der Waals surface area contributed by atoms with Crippen molar-refractivity contribution in [1.29, 1.82) is 0 Å². The highest BCUT2D eigenvalue weighted by Crippen LogP contribution is 2.59. The number of fused-ring (bicyclic) bond motifs is 2. The molecular formula is C37H44N6O7. The number of carbonyl (C=O) groups excluding carboxylic acids is 4. The summed E-state index contributed by atoms with van der Waals surface area (Å²) in [6.07, 6.45) is 3.87. The number of nitrogens with zero attached hydrogens (tertiary/aromatic N) is 5. The number of allylic oxidation sites excluding steroid dienone is 1. The van der Waals surface area contributed by atoms with Crippen LogP contribution in [0.25, 0.3) is 11.0 Å². The molecule has 3 saturated heterocycles. The standard InChI is InChI=1S/C37H44N6O7/c1-4-6-16-30(45)38-21-24(3)49-36(48)31-29-17-18-37(50-29)32(31)34(46)43(26(22-44)20-25-12-8-7-9-13-25)33(37)35(47)41(19-5-2)23-42-28-15-11-10-14-27(28)39-40-42/h4-5,7-15,24,26,29,31-33,44H,1-2,6,16-23H2,3H3,(H,38,45)/t24-,26-,29-,31+,32+,33-,37+/m1/s1. The van der Waals surface area contributed by atoms with E-state index < -0.39 is 66.1 Å². The van der Waals surface area contributed by atoms with E-state index in [4.69, 9.17) is 9.47 Å². The summed E-state index contributed by atoms with van der Waals surface area (Å²) < 4.78 is 14.0. The van der Waals surface area contributed by atoms with Gasteiger partial charge in [-0.3, -0.25) is 19.2 Å². The maximum absolute atomic E-state index is 14.9. The number of rotatable bonds is 16. The maximum atomic E-state index is 14.9. The second-order valence-corrected chi connectivity index (χ2v) is 13.3.